The van der Waals surface area contributed by atoms with Crippen LogP contribution in [0.4, 0.5) is 4.39 Å². The molecule has 4 heteroatoms. The molecule has 20 heavy (non-hydrogen) atoms. The normalized spacial score (nSPS) is 14.0. The largest absolute Gasteiger partial charge is 0.459 e. The van der Waals surface area contributed by atoms with Crippen molar-refractivity contribution in [3.05, 3.63) is 34.6 Å². The summed E-state index contributed by atoms with van der Waals surface area (Å²) in [5.41, 5.74) is -0.128. The molecule has 0 spiro atoms. The van der Waals surface area contributed by atoms with Crippen LogP contribution in [-0.4, -0.2) is 11.6 Å². The van der Waals surface area contributed by atoms with E-state index < -0.39 is 17.3 Å². The van der Waals surface area contributed by atoms with Gasteiger partial charge in [-0.25, -0.2) is 4.39 Å². The van der Waals surface area contributed by atoms with Crippen LogP contribution in [0.3, 0.4) is 0 Å². The molecule has 0 aliphatic heterocycles. The summed E-state index contributed by atoms with van der Waals surface area (Å²) in [7, 11) is 0. The number of hydrogen-bond donors (Lipinski definition) is 0. The fraction of sp³-hybridized carbons (Fsp3) is 0.562. The maximum Gasteiger partial charge on any atom is 0.313 e. The van der Waals surface area contributed by atoms with Crippen LogP contribution in [0.1, 0.15) is 53.0 Å². The van der Waals surface area contributed by atoms with Crippen molar-refractivity contribution in [2.75, 3.05) is 0 Å². The number of rotatable bonds is 3. The Morgan fingerprint density at radius 1 is 1.25 bits per heavy atom. The third-order valence-corrected chi connectivity index (χ3v) is 4.25. The first kappa shape index (κ1) is 17.0. The minimum absolute atomic E-state index is 0.0113. The second-order valence-corrected chi connectivity index (χ2v) is 6.98. The molecular formula is C16H22ClFO2. The number of carbonyl (C=O) groups excluding carboxylic acids is 1. The Morgan fingerprint density at radius 2 is 1.80 bits per heavy atom. The molecule has 0 aromatic heterocycles. The van der Waals surface area contributed by atoms with Crippen LogP contribution in [0, 0.1) is 11.2 Å². The molecule has 0 amide bonds. The van der Waals surface area contributed by atoms with E-state index in [1.807, 2.05) is 34.6 Å². The predicted molar refractivity (Wildman–Crippen MR) is 79.5 cm³/mol. The van der Waals surface area contributed by atoms with E-state index in [1.165, 1.54) is 12.1 Å². The van der Waals surface area contributed by atoms with Crippen molar-refractivity contribution in [1.82, 2.24) is 0 Å². The second-order valence-electron chi connectivity index (χ2n) is 6.58. The molecule has 2 nitrogen and oxygen atoms in total. The molecular weight excluding hydrogens is 279 g/mol. The third kappa shape index (κ3) is 3.72. The maximum atomic E-state index is 13.1. The molecule has 0 saturated heterocycles. The van der Waals surface area contributed by atoms with E-state index >= 15 is 0 Å². The molecule has 0 heterocycles. The highest BCUT2D eigenvalue weighted by Gasteiger charge is 2.37. The van der Waals surface area contributed by atoms with Crippen molar-refractivity contribution in [2.45, 2.75) is 53.1 Å². The summed E-state index contributed by atoms with van der Waals surface area (Å²) in [4.78, 5) is 12.2. The molecule has 0 unspecified atom stereocenters. The van der Waals surface area contributed by atoms with Crippen LogP contribution >= 0.6 is 11.6 Å². The van der Waals surface area contributed by atoms with Gasteiger partial charge in [0.1, 0.15) is 11.4 Å². The fourth-order valence-corrected chi connectivity index (χ4v) is 1.60. The van der Waals surface area contributed by atoms with Crippen molar-refractivity contribution in [3.63, 3.8) is 0 Å². The van der Waals surface area contributed by atoms with Crippen LogP contribution in [0.2, 0.25) is 5.02 Å². The summed E-state index contributed by atoms with van der Waals surface area (Å²) < 4.78 is 18.8. The summed E-state index contributed by atoms with van der Waals surface area (Å²) in [5.74, 6) is -1.33. The SMILES string of the molecule is C[C@H](C(=O)OC(C)(C)C(C)(C)C)c1ccc(F)c(Cl)c1. The lowest BCUT2D eigenvalue weighted by molar-refractivity contribution is -0.168. The molecule has 1 atom stereocenters. The molecule has 112 valence electrons. The van der Waals surface area contributed by atoms with Crippen LogP contribution in [0.25, 0.3) is 0 Å². The Balaban J connectivity index is 2.90. The fourth-order valence-electron chi connectivity index (χ4n) is 1.41. The molecule has 0 N–H and O–H groups in total. The molecule has 1 rings (SSSR count). The van der Waals surface area contributed by atoms with E-state index in [-0.39, 0.29) is 16.4 Å². The summed E-state index contributed by atoms with van der Waals surface area (Å²) >= 11 is 5.74. The Bertz CT molecular complexity index is 504. The van der Waals surface area contributed by atoms with Gasteiger partial charge in [-0.05, 0) is 38.5 Å². The first-order valence-electron chi connectivity index (χ1n) is 6.63. The second kappa shape index (κ2) is 5.72. The lowest BCUT2D eigenvalue weighted by Gasteiger charge is -2.38. The van der Waals surface area contributed by atoms with Crippen molar-refractivity contribution in [1.29, 1.82) is 0 Å². The van der Waals surface area contributed by atoms with E-state index in [0.717, 1.165) is 0 Å². The smallest absolute Gasteiger partial charge is 0.313 e. The third-order valence-electron chi connectivity index (χ3n) is 3.96. The van der Waals surface area contributed by atoms with E-state index in [9.17, 15) is 9.18 Å². The van der Waals surface area contributed by atoms with E-state index in [4.69, 9.17) is 16.3 Å². The van der Waals surface area contributed by atoms with Crippen molar-refractivity contribution >= 4 is 17.6 Å². The molecule has 0 aliphatic carbocycles. The minimum Gasteiger partial charge on any atom is -0.459 e. The van der Waals surface area contributed by atoms with Crippen molar-refractivity contribution in [2.24, 2.45) is 5.41 Å². The number of halogens is 2. The summed E-state index contributed by atoms with van der Waals surface area (Å²) in [5, 5.41) is 0.0113. The van der Waals surface area contributed by atoms with Gasteiger partial charge in [-0.3, -0.25) is 4.79 Å². The zero-order chi connectivity index (χ0) is 15.7. The molecule has 1 aromatic rings. The highest BCUT2D eigenvalue weighted by Crippen LogP contribution is 2.34. The summed E-state index contributed by atoms with van der Waals surface area (Å²) in [6, 6.07) is 4.28. The highest BCUT2D eigenvalue weighted by molar-refractivity contribution is 6.30. The van der Waals surface area contributed by atoms with Gasteiger partial charge in [-0.2, -0.15) is 0 Å². The van der Waals surface area contributed by atoms with E-state index in [2.05, 4.69) is 0 Å². The van der Waals surface area contributed by atoms with E-state index in [1.54, 1.807) is 13.0 Å². The van der Waals surface area contributed by atoms with E-state index in [0.29, 0.717) is 5.56 Å². The first-order valence-corrected chi connectivity index (χ1v) is 7.01. The number of carbonyl (C=O) groups is 1. The number of hydrogen-bond acceptors (Lipinski definition) is 2. The molecule has 0 bridgehead atoms. The Morgan fingerprint density at radius 3 is 2.25 bits per heavy atom. The Hall–Kier alpha value is -1.09. The number of benzene rings is 1. The number of esters is 1. The van der Waals surface area contributed by atoms with Crippen molar-refractivity contribution < 1.29 is 13.9 Å². The molecule has 1 aromatic carbocycles. The quantitative estimate of drug-likeness (QED) is 0.738. The molecule has 0 radical (unpaired) electrons. The molecule has 0 fully saturated rings. The van der Waals surface area contributed by atoms with Gasteiger partial charge in [-0.15, -0.1) is 0 Å². The predicted octanol–water partition coefficient (Wildman–Crippen LogP) is 4.95. The average molecular weight is 301 g/mol. The van der Waals surface area contributed by atoms with Crippen LogP contribution in [0.5, 0.6) is 0 Å². The molecule has 0 saturated carbocycles. The lowest BCUT2D eigenvalue weighted by atomic mass is 9.79. The molecule has 0 aliphatic rings. The van der Waals surface area contributed by atoms with Gasteiger partial charge >= 0.3 is 5.97 Å². The number of ether oxygens (including phenoxy) is 1. The van der Waals surface area contributed by atoms with Gasteiger partial charge in [0.2, 0.25) is 0 Å². The van der Waals surface area contributed by atoms with Crippen LogP contribution in [-0.2, 0) is 9.53 Å². The Labute approximate surface area is 125 Å². The monoisotopic (exact) mass is 300 g/mol. The van der Waals surface area contributed by atoms with Gasteiger partial charge in [0.15, 0.2) is 0 Å². The average Bonchev–Trinajstić information content (AvgIpc) is 2.29. The van der Waals surface area contributed by atoms with Crippen LogP contribution < -0.4 is 0 Å². The van der Waals surface area contributed by atoms with Gasteiger partial charge in [-0.1, -0.05) is 38.4 Å². The van der Waals surface area contributed by atoms with Gasteiger partial charge < -0.3 is 4.74 Å². The van der Waals surface area contributed by atoms with Crippen LogP contribution in [0.15, 0.2) is 18.2 Å². The maximum absolute atomic E-state index is 13.1. The lowest BCUT2D eigenvalue weighted by Crippen LogP contribution is -2.42. The highest BCUT2D eigenvalue weighted by atomic mass is 35.5. The summed E-state index contributed by atoms with van der Waals surface area (Å²) in [6.45, 7) is 11.5. The topological polar surface area (TPSA) is 26.3 Å². The van der Waals surface area contributed by atoms with Gasteiger partial charge in [0.25, 0.3) is 0 Å². The Kier molecular flexibility index (Phi) is 4.86. The van der Waals surface area contributed by atoms with Gasteiger partial charge in [0.05, 0.1) is 10.9 Å². The standard InChI is InChI=1S/C16H22ClFO2/c1-10(11-7-8-13(18)12(17)9-11)14(19)20-16(5,6)15(2,3)4/h7-10H,1-6H3/t10-/m0/s1. The minimum atomic E-state index is -0.595. The zero-order valence-corrected chi connectivity index (χ0v) is 13.6. The van der Waals surface area contributed by atoms with Crippen molar-refractivity contribution in [3.8, 4) is 0 Å². The zero-order valence-electron chi connectivity index (χ0n) is 12.9. The van der Waals surface area contributed by atoms with Gasteiger partial charge in [0, 0.05) is 5.41 Å². The first-order chi connectivity index (χ1) is 8.95. The summed E-state index contributed by atoms with van der Waals surface area (Å²) in [6.07, 6.45) is 0.